The quantitative estimate of drug-likeness (QED) is 0.657. The van der Waals surface area contributed by atoms with E-state index in [0.29, 0.717) is 25.1 Å². The molecule has 0 bridgehead atoms. The number of nitro groups is 1. The summed E-state index contributed by atoms with van der Waals surface area (Å²) in [5.74, 6) is -0.209. The number of hydrogen-bond acceptors (Lipinski definition) is 5. The lowest BCUT2D eigenvalue weighted by Crippen LogP contribution is -2.63. The molecule has 7 heteroatoms. The molecular weight excluding hydrogens is 276 g/mol. The van der Waals surface area contributed by atoms with Crippen molar-refractivity contribution in [2.75, 3.05) is 20.2 Å². The van der Waals surface area contributed by atoms with Gasteiger partial charge in [0.1, 0.15) is 0 Å². The van der Waals surface area contributed by atoms with E-state index in [9.17, 15) is 20.0 Å². The van der Waals surface area contributed by atoms with Crippen molar-refractivity contribution in [2.45, 2.75) is 25.4 Å². The summed E-state index contributed by atoms with van der Waals surface area (Å²) in [6.07, 6.45) is 1.50. The lowest BCUT2D eigenvalue weighted by atomic mass is 9.88. The number of methoxy groups -OCH3 is 1. The maximum absolute atomic E-state index is 12.3. The summed E-state index contributed by atoms with van der Waals surface area (Å²) in [6, 6.07) is 4.02. The summed E-state index contributed by atoms with van der Waals surface area (Å²) >= 11 is 0. The second-order valence-corrected chi connectivity index (χ2v) is 5.28. The van der Waals surface area contributed by atoms with Gasteiger partial charge in [-0.3, -0.25) is 14.9 Å². The Labute approximate surface area is 122 Å². The van der Waals surface area contributed by atoms with E-state index in [0.717, 1.165) is 6.42 Å². The molecule has 1 saturated heterocycles. The fourth-order valence-corrected chi connectivity index (χ4v) is 2.58. The highest BCUT2D eigenvalue weighted by molar-refractivity contribution is 5.95. The molecule has 2 rings (SSSR count). The summed E-state index contributed by atoms with van der Waals surface area (Å²) in [5, 5.41) is 20.9. The molecule has 1 aromatic rings. The predicted octanol–water partition coefficient (Wildman–Crippen LogP) is 1.59. The van der Waals surface area contributed by atoms with E-state index in [1.165, 1.54) is 30.2 Å². The largest absolute Gasteiger partial charge is 0.490 e. The Balaban J connectivity index is 2.13. The molecule has 1 aromatic carbocycles. The van der Waals surface area contributed by atoms with Crippen LogP contribution in [-0.2, 0) is 0 Å². The normalized spacial score (nSPS) is 16.2. The predicted molar refractivity (Wildman–Crippen MR) is 75.4 cm³/mol. The number of ether oxygens (including phenoxy) is 1. The highest BCUT2D eigenvalue weighted by Crippen LogP contribution is 2.31. The van der Waals surface area contributed by atoms with Crippen LogP contribution >= 0.6 is 0 Å². The van der Waals surface area contributed by atoms with Gasteiger partial charge in [-0.15, -0.1) is 0 Å². The van der Waals surface area contributed by atoms with Gasteiger partial charge in [-0.1, -0.05) is 13.3 Å². The second-order valence-electron chi connectivity index (χ2n) is 5.28. The molecule has 21 heavy (non-hydrogen) atoms. The lowest BCUT2D eigenvalue weighted by Gasteiger charge is -2.46. The van der Waals surface area contributed by atoms with Gasteiger partial charge in [0.15, 0.2) is 5.75 Å². The van der Waals surface area contributed by atoms with E-state index >= 15 is 0 Å². The molecule has 0 aromatic heterocycles. The van der Waals surface area contributed by atoms with Crippen molar-refractivity contribution >= 4 is 11.6 Å². The van der Waals surface area contributed by atoms with Crippen LogP contribution in [0.25, 0.3) is 0 Å². The van der Waals surface area contributed by atoms with Gasteiger partial charge in [-0.25, -0.2) is 0 Å². The summed E-state index contributed by atoms with van der Waals surface area (Å²) < 4.78 is 4.95. The number of carbonyl (C=O) groups is 1. The molecule has 0 atom stereocenters. The number of aliphatic hydroxyl groups is 1. The Morgan fingerprint density at radius 2 is 2.19 bits per heavy atom. The molecule has 1 heterocycles. The lowest BCUT2D eigenvalue weighted by molar-refractivity contribution is -0.385. The first-order valence-electron chi connectivity index (χ1n) is 6.74. The van der Waals surface area contributed by atoms with Gasteiger partial charge >= 0.3 is 5.69 Å². The van der Waals surface area contributed by atoms with Crippen LogP contribution in [0.1, 0.15) is 30.1 Å². The minimum absolute atomic E-state index is 0.0511. The Bertz CT molecular complexity index is 566. The van der Waals surface area contributed by atoms with Gasteiger partial charge in [0.05, 0.1) is 30.7 Å². The summed E-state index contributed by atoms with van der Waals surface area (Å²) in [4.78, 5) is 24.0. The Morgan fingerprint density at radius 1 is 1.52 bits per heavy atom. The van der Waals surface area contributed by atoms with Crippen molar-refractivity contribution in [1.82, 2.24) is 4.90 Å². The Kier molecular flexibility index (Phi) is 4.13. The van der Waals surface area contributed by atoms with Crippen LogP contribution in [0.3, 0.4) is 0 Å². The van der Waals surface area contributed by atoms with Crippen LogP contribution in [0.5, 0.6) is 5.75 Å². The molecule has 0 saturated carbocycles. The van der Waals surface area contributed by atoms with Crippen molar-refractivity contribution < 1.29 is 19.6 Å². The van der Waals surface area contributed by atoms with Crippen molar-refractivity contribution in [3.8, 4) is 5.75 Å². The number of β-amino-alcohol motifs (C(OH)–C–C–N with tert-alkyl or cyclic N) is 1. The van der Waals surface area contributed by atoms with E-state index in [1.807, 2.05) is 6.92 Å². The maximum atomic E-state index is 12.3. The van der Waals surface area contributed by atoms with E-state index in [-0.39, 0.29) is 17.3 Å². The third-order valence-electron chi connectivity index (χ3n) is 3.60. The number of amides is 1. The molecule has 0 radical (unpaired) electrons. The Hall–Kier alpha value is -2.15. The molecular formula is C14H18N2O5. The van der Waals surface area contributed by atoms with E-state index in [2.05, 4.69) is 0 Å². The van der Waals surface area contributed by atoms with Crippen molar-refractivity contribution in [1.29, 1.82) is 0 Å². The smallest absolute Gasteiger partial charge is 0.310 e. The first kappa shape index (κ1) is 15.2. The van der Waals surface area contributed by atoms with Gasteiger partial charge < -0.3 is 14.7 Å². The minimum atomic E-state index is -0.796. The Morgan fingerprint density at radius 3 is 2.71 bits per heavy atom. The zero-order valence-electron chi connectivity index (χ0n) is 12.0. The maximum Gasteiger partial charge on any atom is 0.310 e. The van der Waals surface area contributed by atoms with Crippen LogP contribution in [0.15, 0.2) is 18.2 Å². The number of nitro benzene ring substituents is 1. The van der Waals surface area contributed by atoms with Crippen molar-refractivity contribution in [2.24, 2.45) is 0 Å². The van der Waals surface area contributed by atoms with Crippen LogP contribution in [-0.4, -0.2) is 46.6 Å². The first-order valence-corrected chi connectivity index (χ1v) is 6.74. The number of hydrogen-bond donors (Lipinski definition) is 1. The summed E-state index contributed by atoms with van der Waals surface area (Å²) in [5.41, 5.74) is -0.661. The second kappa shape index (κ2) is 5.69. The van der Waals surface area contributed by atoms with Gasteiger partial charge in [-0.05, 0) is 12.5 Å². The molecule has 7 nitrogen and oxygen atoms in total. The molecule has 1 fully saturated rings. The number of likely N-dealkylation sites (tertiary alicyclic amines) is 1. The molecule has 1 aliphatic rings. The fourth-order valence-electron chi connectivity index (χ4n) is 2.58. The average molecular weight is 294 g/mol. The van der Waals surface area contributed by atoms with E-state index < -0.39 is 10.5 Å². The molecule has 1 amide bonds. The van der Waals surface area contributed by atoms with Crippen LogP contribution in [0.4, 0.5) is 5.69 Å². The molecule has 0 spiro atoms. The average Bonchev–Trinajstić information content (AvgIpc) is 2.43. The van der Waals surface area contributed by atoms with Gasteiger partial charge in [0, 0.05) is 17.7 Å². The summed E-state index contributed by atoms with van der Waals surface area (Å²) in [6.45, 7) is 2.56. The zero-order chi connectivity index (χ0) is 15.6. The van der Waals surface area contributed by atoms with Crippen LogP contribution < -0.4 is 4.74 Å². The molecule has 0 unspecified atom stereocenters. The fraction of sp³-hybridized carbons (Fsp3) is 0.500. The van der Waals surface area contributed by atoms with E-state index in [4.69, 9.17) is 4.74 Å². The molecule has 0 aliphatic carbocycles. The van der Waals surface area contributed by atoms with Gasteiger partial charge in [0.2, 0.25) is 0 Å². The number of carbonyl (C=O) groups excluding carboxylic acids is 1. The summed E-state index contributed by atoms with van der Waals surface area (Å²) in [7, 11) is 1.32. The van der Waals surface area contributed by atoms with Gasteiger partial charge in [-0.2, -0.15) is 0 Å². The highest BCUT2D eigenvalue weighted by atomic mass is 16.6. The zero-order valence-corrected chi connectivity index (χ0v) is 12.0. The van der Waals surface area contributed by atoms with Crippen LogP contribution in [0, 0.1) is 10.1 Å². The van der Waals surface area contributed by atoms with Crippen LogP contribution in [0.2, 0.25) is 0 Å². The standard InChI is InChI=1S/C14H18N2O5/c1-3-6-14(18)8-15(9-14)13(17)10-4-5-11(16(19)20)12(7-10)21-2/h4-5,7,18H,3,6,8-9H2,1-2H3. The number of nitrogens with zero attached hydrogens (tertiary/aromatic N) is 2. The number of benzene rings is 1. The molecule has 1 N–H and O–H groups in total. The molecule has 114 valence electrons. The molecule has 1 aliphatic heterocycles. The number of rotatable bonds is 5. The third-order valence-corrected chi connectivity index (χ3v) is 3.60. The van der Waals surface area contributed by atoms with Gasteiger partial charge in [0.25, 0.3) is 5.91 Å². The third kappa shape index (κ3) is 2.97. The minimum Gasteiger partial charge on any atom is -0.490 e. The monoisotopic (exact) mass is 294 g/mol. The van der Waals surface area contributed by atoms with Crippen molar-refractivity contribution in [3.63, 3.8) is 0 Å². The first-order chi connectivity index (χ1) is 9.90. The SMILES string of the molecule is CCCC1(O)CN(C(=O)c2ccc([N+](=O)[O-])c(OC)c2)C1. The van der Waals surface area contributed by atoms with Crippen molar-refractivity contribution in [3.05, 3.63) is 33.9 Å². The highest BCUT2D eigenvalue weighted by Gasteiger charge is 2.43. The topological polar surface area (TPSA) is 92.9 Å². The van der Waals surface area contributed by atoms with E-state index in [1.54, 1.807) is 0 Å².